The molecule has 0 saturated heterocycles. The lowest BCUT2D eigenvalue weighted by Crippen LogP contribution is -2.39. The third kappa shape index (κ3) is 3.70. The highest BCUT2D eigenvalue weighted by Gasteiger charge is 2.32. The number of nitrogens with two attached hydrogens (primary N) is 1. The molecular weight excluding hydrogens is 308 g/mol. The van der Waals surface area contributed by atoms with E-state index in [2.05, 4.69) is 39.3 Å². The van der Waals surface area contributed by atoms with Crippen molar-refractivity contribution in [3.8, 4) is 0 Å². The van der Waals surface area contributed by atoms with Crippen LogP contribution in [0.4, 0.5) is 0 Å². The van der Waals surface area contributed by atoms with Gasteiger partial charge in [-0.3, -0.25) is 4.90 Å². The minimum absolute atomic E-state index is 0. The molecule has 2 rings (SSSR count). The Kier molecular flexibility index (Phi) is 5.74. The molecule has 1 fully saturated rings. The SMILES string of the molecule is CN(Cc1csc(Br)c1)C(CN)C1CC1.Cl. The summed E-state index contributed by atoms with van der Waals surface area (Å²) in [5, 5.41) is 2.21. The molecule has 0 radical (unpaired) electrons. The first-order valence-electron chi connectivity index (χ1n) is 5.34. The molecule has 1 aliphatic carbocycles. The molecule has 0 bridgehead atoms. The average molecular weight is 326 g/mol. The van der Waals surface area contributed by atoms with Crippen LogP contribution in [0, 0.1) is 5.92 Å². The van der Waals surface area contributed by atoms with E-state index in [1.807, 2.05) is 0 Å². The predicted octanol–water partition coefficient (Wildman–Crippen LogP) is 3.10. The van der Waals surface area contributed by atoms with E-state index in [9.17, 15) is 0 Å². The largest absolute Gasteiger partial charge is 0.329 e. The highest BCUT2D eigenvalue weighted by molar-refractivity contribution is 9.11. The van der Waals surface area contributed by atoms with Gasteiger partial charge in [0.25, 0.3) is 0 Å². The molecule has 1 saturated carbocycles. The molecule has 92 valence electrons. The Morgan fingerprint density at radius 2 is 2.31 bits per heavy atom. The molecule has 1 aromatic heterocycles. The van der Waals surface area contributed by atoms with Crippen LogP contribution >= 0.6 is 39.7 Å². The van der Waals surface area contributed by atoms with Crippen LogP contribution in [0.5, 0.6) is 0 Å². The zero-order chi connectivity index (χ0) is 10.8. The topological polar surface area (TPSA) is 29.3 Å². The monoisotopic (exact) mass is 324 g/mol. The maximum absolute atomic E-state index is 5.83. The maximum atomic E-state index is 5.83. The van der Waals surface area contributed by atoms with E-state index in [0.29, 0.717) is 6.04 Å². The van der Waals surface area contributed by atoms with Crippen molar-refractivity contribution < 1.29 is 0 Å². The van der Waals surface area contributed by atoms with Gasteiger partial charge in [-0.25, -0.2) is 0 Å². The molecule has 0 amide bonds. The third-order valence-electron chi connectivity index (χ3n) is 3.03. The Hall–Kier alpha value is 0.390. The molecule has 0 aromatic carbocycles. The van der Waals surface area contributed by atoms with Crippen molar-refractivity contribution in [1.29, 1.82) is 0 Å². The number of nitrogens with zero attached hydrogens (tertiary/aromatic N) is 1. The van der Waals surface area contributed by atoms with Crippen LogP contribution < -0.4 is 5.73 Å². The Balaban J connectivity index is 0.00000128. The van der Waals surface area contributed by atoms with Gasteiger partial charge in [0.2, 0.25) is 0 Å². The highest BCUT2D eigenvalue weighted by atomic mass is 79.9. The molecule has 0 aliphatic heterocycles. The van der Waals surface area contributed by atoms with Crippen LogP contribution in [0.15, 0.2) is 15.2 Å². The summed E-state index contributed by atoms with van der Waals surface area (Å²) >= 11 is 5.24. The molecule has 5 heteroatoms. The summed E-state index contributed by atoms with van der Waals surface area (Å²) < 4.78 is 1.21. The Morgan fingerprint density at radius 3 is 2.75 bits per heavy atom. The molecule has 1 heterocycles. The van der Waals surface area contributed by atoms with E-state index in [1.165, 1.54) is 22.2 Å². The van der Waals surface area contributed by atoms with Crippen molar-refractivity contribution in [3.63, 3.8) is 0 Å². The summed E-state index contributed by atoms with van der Waals surface area (Å²) in [7, 11) is 2.18. The fourth-order valence-electron chi connectivity index (χ4n) is 2.05. The summed E-state index contributed by atoms with van der Waals surface area (Å²) in [5.74, 6) is 0.849. The van der Waals surface area contributed by atoms with E-state index < -0.39 is 0 Å². The fraction of sp³-hybridized carbons (Fsp3) is 0.636. The Morgan fingerprint density at radius 1 is 1.62 bits per heavy atom. The Bertz CT molecular complexity index is 328. The maximum Gasteiger partial charge on any atom is 0.0701 e. The van der Waals surface area contributed by atoms with Gasteiger partial charge >= 0.3 is 0 Å². The molecule has 2 nitrogen and oxygen atoms in total. The molecule has 2 N–H and O–H groups in total. The van der Waals surface area contributed by atoms with Crippen LogP contribution in [0.2, 0.25) is 0 Å². The minimum atomic E-state index is 0. The van der Waals surface area contributed by atoms with Gasteiger partial charge in [-0.2, -0.15) is 0 Å². The first-order valence-corrected chi connectivity index (χ1v) is 7.01. The van der Waals surface area contributed by atoms with Gasteiger partial charge in [-0.15, -0.1) is 23.7 Å². The van der Waals surface area contributed by atoms with E-state index in [-0.39, 0.29) is 12.4 Å². The summed E-state index contributed by atoms with van der Waals surface area (Å²) in [4.78, 5) is 2.40. The molecule has 1 unspecified atom stereocenters. The number of hydrogen-bond acceptors (Lipinski definition) is 3. The minimum Gasteiger partial charge on any atom is -0.329 e. The predicted molar refractivity (Wildman–Crippen MR) is 76.3 cm³/mol. The van der Waals surface area contributed by atoms with Crippen molar-refractivity contribution in [2.24, 2.45) is 11.7 Å². The van der Waals surface area contributed by atoms with Crippen molar-refractivity contribution >= 4 is 39.7 Å². The summed E-state index contributed by atoms with van der Waals surface area (Å²) in [5.41, 5.74) is 7.21. The van der Waals surface area contributed by atoms with Gasteiger partial charge in [0.15, 0.2) is 0 Å². The van der Waals surface area contributed by atoms with Crippen LogP contribution in [0.3, 0.4) is 0 Å². The van der Waals surface area contributed by atoms with Crippen LogP contribution in [-0.4, -0.2) is 24.5 Å². The first kappa shape index (κ1) is 14.5. The molecule has 1 aromatic rings. The van der Waals surface area contributed by atoms with Crippen molar-refractivity contribution in [2.75, 3.05) is 13.6 Å². The van der Waals surface area contributed by atoms with Gasteiger partial charge in [0.1, 0.15) is 0 Å². The van der Waals surface area contributed by atoms with E-state index >= 15 is 0 Å². The second-order valence-electron chi connectivity index (χ2n) is 4.31. The lowest BCUT2D eigenvalue weighted by molar-refractivity contribution is 0.216. The summed E-state index contributed by atoms with van der Waals surface area (Å²) in [6.45, 7) is 1.80. The molecule has 0 spiro atoms. The number of hydrogen-bond donors (Lipinski definition) is 1. The smallest absolute Gasteiger partial charge is 0.0701 e. The average Bonchev–Trinajstić information content (AvgIpc) is 2.93. The van der Waals surface area contributed by atoms with Gasteiger partial charge in [0.05, 0.1) is 3.79 Å². The number of rotatable bonds is 5. The van der Waals surface area contributed by atoms with Crippen molar-refractivity contribution in [1.82, 2.24) is 4.90 Å². The standard InChI is InChI=1S/C11H17BrN2S.ClH/c1-14(10(5-13)9-2-3-9)6-8-4-11(12)15-7-8;/h4,7,9-10H,2-3,5-6,13H2,1H3;1H. The third-order valence-corrected chi connectivity index (χ3v) is 4.58. The highest BCUT2D eigenvalue weighted by Crippen LogP contribution is 2.35. The van der Waals surface area contributed by atoms with Crippen molar-refractivity contribution in [3.05, 3.63) is 20.8 Å². The summed E-state index contributed by atoms with van der Waals surface area (Å²) in [6.07, 6.45) is 2.72. The lowest BCUT2D eigenvalue weighted by atomic mass is 10.1. The van der Waals surface area contributed by atoms with Crippen LogP contribution in [0.1, 0.15) is 18.4 Å². The molecule has 1 atom stereocenters. The molecule has 1 aliphatic rings. The van der Waals surface area contributed by atoms with Gasteiger partial charge < -0.3 is 5.73 Å². The number of thiophene rings is 1. The fourth-order valence-corrected chi connectivity index (χ4v) is 3.25. The quantitative estimate of drug-likeness (QED) is 0.901. The zero-order valence-electron chi connectivity index (χ0n) is 9.36. The number of likely N-dealkylation sites (N-methyl/N-ethyl adjacent to an activating group) is 1. The normalized spacial score (nSPS) is 17.2. The van der Waals surface area contributed by atoms with Crippen LogP contribution in [0.25, 0.3) is 0 Å². The Labute approximate surface area is 116 Å². The van der Waals surface area contributed by atoms with E-state index in [0.717, 1.165) is 19.0 Å². The summed E-state index contributed by atoms with van der Waals surface area (Å²) in [6, 6.07) is 2.77. The van der Waals surface area contributed by atoms with E-state index in [4.69, 9.17) is 5.73 Å². The zero-order valence-corrected chi connectivity index (χ0v) is 12.6. The molecule has 16 heavy (non-hydrogen) atoms. The van der Waals surface area contributed by atoms with Gasteiger partial charge in [0, 0.05) is 19.1 Å². The second-order valence-corrected chi connectivity index (χ2v) is 6.61. The van der Waals surface area contributed by atoms with Crippen molar-refractivity contribution in [2.45, 2.75) is 25.4 Å². The molecular formula is C11H18BrClN2S. The van der Waals surface area contributed by atoms with Crippen LogP contribution in [-0.2, 0) is 6.54 Å². The van der Waals surface area contributed by atoms with E-state index in [1.54, 1.807) is 11.3 Å². The van der Waals surface area contributed by atoms with Gasteiger partial charge in [-0.05, 0) is 58.7 Å². The van der Waals surface area contributed by atoms with Gasteiger partial charge in [-0.1, -0.05) is 0 Å². The lowest BCUT2D eigenvalue weighted by Gasteiger charge is -2.26. The number of halogens is 2. The first-order chi connectivity index (χ1) is 7.20. The second kappa shape index (κ2) is 6.36.